The van der Waals surface area contributed by atoms with Gasteiger partial charge in [-0.25, -0.2) is 4.98 Å². The average Bonchev–Trinajstić information content (AvgIpc) is 3.08. The van der Waals surface area contributed by atoms with Gasteiger partial charge >= 0.3 is 5.97 Å². The lowest BCUT2D eigenvalue weighted by Gasteiger charge is -2.44. The van der Waals surface area contributed by atoms with Crippen molar-refractivity contribution in [2.45, 2.75) is 38.9 Å². The molecule has 2 atom stereocenters. The van der Waals surface area contributed by atoms with Crippen LogP contribution in [0.15, 0.2) is 48.5 Å². The second-order valence-corrected chi connectivity index (χ2v) is 8.64. The molecule has 0 amide bonds. The van der Waals surface area contributed by atoms with E-state index in [0.29, 0.717) is 12.1 Å². The molecular weight excluding hydrogens is 370 g/mol. The van der Waals surface area contributed by atoms with Gasteiger partial charge in [0, 0.05) is 31.7 Å². The van der Waals surface area contributed by atoms with E-state index in [1.165, 1.54) is 10.3 Å². The van der Waals surface area contributed by atoms with Gasteiger partial charge in [0.1, 0.15) is 0 Å². The molecule has 4 rings (SSSR count). The van der Waals surface area contributed by atoms with Gasteiger partial charge in [-0.2, -0.15) is 0 Å². The van der Waals surface area contributed by atoms with Crippen molar-refractivity contribution in [1.82, 2.24) is 9.88 Å². The number of fused-ring (bicyclic) bond motifs is 1. The van der Waals surface area contributed by atoms with E-state index in [1.807, 2.05) is 24.3 Å². The molecule has 28 heavy (non-hydrogen) atoms. The van der Waals surface area contributed by atoms with Gasteiger partial charge in [-0.1, -0.05) is 47.7 Å². The maximum absolute atomic E-state index is 11.0. The molecule has 1 saturated heterocycles. The van der Waals surface area contributed by atoms with Crippen molar-refractivity contribution in [2.24, 2.45) is 0 Å². The van der Waals surface area contributed by atoms with Crippen LogP contribution in [0.5, 0.6) is 0 Å². The smallest absolute Gasteiger partial charge is 0.307 e. The van der Waals surface area contributed by atoms with Gasteiger partial charge in [0.15, 0.2) is 5.13 Å². The van der Waals surface area contributed by atoms with E-state index in [1.54, 1.807) is 11.3 Å². The summed E-state index contributed by atoms with van der Waals surface area (Å²) < 4.78 is 1.23. The molecule has 3 aromatic rings. The van der Waals surface area contributed by atoms with Gasteiger partial charge in [-0.15, -0.1) is 0 Å². The average molecular weight is 396 g/mol. The first kappa shape index (κ1) is 18.9. The maximum Gasteiger partial charge on any atom is 0.307 e. The van der Waals surface area contributed by atoms with Gasteiger partial charge in [-0.05, 0) is 37.1 Å². The second-order valence-electron chi connectivity index (χ2n) is 7.63. The zero-order valence-electron chi connectivity index (χ0n) is 16.2. The van der Waals surface area contributed by atoms with Gasteiger partial charge < -0.3 is 10.0 Å². The van der Waals surface area contributed by atoms with Crippen LogP contribution < -0.4 is 4.90 Å². The van der Waals surface area contributed by atoms with Crippen LogP contribution in [-0.2, 0) is 17.8 Å². The zero-order chi connectivity index (χ0) is 19.7. The number of anilines is 1. The standard InChI is InChI=1S/C22H25N3O2S/c1-15-12-24(22-23-19-8-3-4-9-20(19)28-22)13-16(2)25(15)14-18-7-5-6-17(10-18)11-21(26)27/h3-10,15-16H,11-14H2,1-2H3,(H,26,27)/t15-,16+. The summed E-state index contributed by atoms with van der Waals surface area (Å²) in [5.74, 6) is -0.789. The molecule has 0 aliphatic carbocycles. The molecule has 6 heteroatoms. The number of carboxylic acids is 1. The van der Waals surface area contributed by atoms with Gasteiger partial charge in [0.2, 0.25) is 0 Å². The topological polar surface area (TPSA) is 56.7 Å². The third-order valence-electron chi connectivity index (χ3n) is 5.37. The Bertz CT molecular complexity index is 942. The molecule has 2 heterocycles. The number of aromatic nitrogens is 1. The second kappa shape index (κ2) is 7.89. The van der Waals surface area contributed by atoms with Crippen molar-refractivity contribution in [3.63, 3.8) is 0 Å². The Morgan fingerprint density at radius 3 is 2.54 bits per heavy atom. The predicted molar refractivity (Wildman–Crippen MR) is 114 cm³/mol. The molecule has 0 bridgehead atoms. The third kappa shape index (κ3) is 4.03. The fourth-order valence-corrected chi connectivity index (χ4v) is 5.03. The number of thiazole rings is 1. The van der Waals surface area contributed by atoms with Crippen molar-refractivity contribution in [3.8, 4) is 0 Å². The Morgan fingerprint density at radius 1 is 1.11 bits per heavy atom. The number of nitrogens with zero attached hydrogens (tertiary/aromatic N) is 3. The van der Waals surface area contributed by atoms with Crippen molar-refractivity contribution in [3.05, 3.63) is 59.7 Å². The molecule has 5 nitrogen and oxygen atoms in total. The molecule has 1 fully saturated rings. The number of hydrogen-bond acceptors (Lipinski definition) is 5. The van der Waals surface area contributed by atoms with Crippen LogP contribution in [0.2, 0.25) is 0 Å². The van der Waals surface area contributed by atoms with E-state index < -0.39 is 5.97 Å². The highest BCUT2D eigenvalue weighted by Gasteiger charge is 2.30. The normalized spacial score (nSPS) is 20.6. The fourth-order valence-electron chi connectivity index (χ4n) is 4.04. The van der Waals surface area contributed by atoms with Crippen molar-refractivity contribution in [2.75, 3.05) is 18.0 Å². The Labute approximate surface area is 169 Å². The SMILES string of the molecule is C[C@@H]1CN(c2nc3ccccc3s2)C[C@H](C)N1Cc1cccc(CC(=O)O)c1. The van der Waals surface area contributed by atoms with Crippen molar-refractivity contribution in [1.29, 1.82) is 0 Å². The fraction of sp³-hybridized carbons (Fsp3) is 0.364. The molecule has 0 spiro atoms. The summed E-state index contributed by atoms with van der Waals surface area (Å²) in [6.07, 6.45) is 0.0737. The van der Waals surface area contributed by atoms with Crippen LogP contribution in [-0.4, -0.2) is 46.1 Å². The number of carbonyl (C=O) groups is 1. The summed E-state index contributed by atoms with van der Waals surface area (Å²) in [5, 5.41) is 10.1. The summed E-state index contributed by atoms with van der Waals surface area (Å²) in [5.41, 5.74) is 3.10. The first-order valence-electron chi connectivity index (χ1n) is 9.65. The summed E-state index contributed by atoms with van der Waals surface area (Å²) in [6, 6.07) is 17.0. The summed E-state index contributed by atoms with van der Waals surface area (Å²) in [7, 11) is 0. The Morgan fingerprint density at radius 2 is 1.82 bits per heavy atom. The molecule has 1 aliphatic heterocycles. The van der Waals surface area contributed by atoms with Crippen LogP contribution in [0.25, 0.3) is 10.2 Å². The van der Waals surface area contributed by atoms with Crippen LogP contribution >= 0.6 is 11.3 Å². The zero-order valence-corrected chi connectivity index (χ0v) is 17.0. The van der Waals surface area contributed by atoms with E-state index in [4.69, 9.17) is 10.1 Å². The summed E-state index contributed by atoms with van der Waals surface area (Å²) in [4.78, 5) is 20.7. The Kier molecular flexibility index (Phi) is 5.33. The Balaban J connectivity index is 1.47. The summed E-state index contributed by atoms with van der Waals surface area (Å²) >= 11 is 1.76. The number of hydrogen-bond donors (Lipinski definition) is 1. The lowest BCUT2D eigenvalue weighted by Crippen LogP contribution is -2.56. The number of benzene rings is 2. The monoisotopic (exact) mass is 395 g/mol. The van der Waals surface area contributed by atoms with Crippen molar-refractivity contribution >= 4 is 32.7 Å². The number of para-hydroxylation sites is 1. The number of piperazine rings is 1. The largest absolute Gasteiger partial charge is 0.481 e. The molecule has 1 aliphatic rings. The number of rotatable bonds is 5. The van der Waals surface area contributed by atoms with Gasteiger partial charge in [0.05, 0.1) is 16.6 Å². The minimum Gasteiger partial charge on any atom is -0.481 e. The third-order valence-corrected chi connectivity index (χ3v) is 6.46. The number of carboxylic acid groups (broad SMARTS) is 1. The molecule has 146 valence electrons. The highest BCUT2D eigenvalue weighted by atomic mass is 32.1. The Hall–Kier alpha value is -2.44. The molecule has 1 N–H and O–H groups in total. The first-order valence-corrected chi connectivity index (χ1v) is 10.5. The molecule has 0 unspecified atom stereocenters. The van der Waals surface area contributed by atoms with E-state index >= 15 is 0 Å². The van der Waals surface area contributed by atoms with Crippen LogP contribution in [0.4, 0.5) is 5.13 Å². The van der Waals surface area contributed by atoms with E-state index in [2.05, 4.69) is 47.9 Å². The molecular formula is C22H25N3O2S. The molecule has 1 aromatic heterocycles. The molecule has 2 aromatic carbocycles. The lowest BCUT2D eigenvalue weighted by atomic mass is 10.0. The quantitative estimate of drug-likeness (QED) is 0.707. The first-order chi connectivity index (χ1) is 13.5. The molecule has 0 saturated carbocycles. The minimum absolute atomic E-state index is 0.0737. The van der Waals surface area contributed by atoms with E-state index in [0.717, 1.165) is 35.8 Å². The van der Waals surface area contributed by atoms with Crippen LogP contribution in [0, 0.1) is 0 Å². The number of aliphatic carboxylic acids is 1. The molecule has 0 radical (unpaired) electrons. The van der Waals surface area contributed by atoms with Crippen LogP contribution in [0.1, 0.15) is 25.0 Å². The van der Waals surface area contributed by atoms with Crippen LogP contribution in [0.3, 0.4) is 0 Å². The van der Waals surface area contributed by atoms with Gasteiger partial charge in [0.25, 0.3) is 0 Å². The maximum atomic E-state index is 11.0. The lowest BCUT2D eigenvalue weighted by molar-refractivity contribution is -0.136. The van der Waals surface area contributed by atoms with E-state index in [9.17, 15) is 4.79 Å². The van der Waals surface area contributed by atoms with E-state index in [-0.39, 0.29) is 6.42 Å². The van der Waals surface area contributed by atoms with Crippen molar-refractivity contribution < 1.29 is 9.90 Å². The van der Waals surface area contributed by atoms with Gasteiger partial charge in [-0.3, -0.25) is 9.69 Å². The summed E-state index contributed by atoms with van der Waals surface area (Å²) in [6.45, 7) is 7.25. The predicted octanol–water partition coefficient (Wildman–Crippen LogP) is 4.02. The minimum atomic E-state index is -0.789. The highest BCUT2D eigenvalue weighted by Crippen LogP contribution is 2.31. The highest BCUT2D eigenvalue weighted by molar-refractivity contribution is 7.22.